The number of ether oxygens (including phenoxy) is 1. The summed E-state index contributed by atoms with van der Waals surface area (Å²) in [5.74, 6) is 0.902. The van der Waals surface area contributed by atoms with Crippen molar-refractivity contribution in [3.8, 4) is 11.6 Å². The van der Waals surface area contributed by atoms with E-state index in [9.17, 15) is 9.59 Å². The molecule has 148 valence electrons. The van der Waals surface area contributed by atoms with E-state index in [0.717, 1.165) is 0 Å². The predicted octanol–water partition coefficient (Wildman–Crippen LogP) is 3.32. The van der Waals surface area contributed by atoms with E-state index in [4.69, 9.17) is 4.74 Å². The lowest BCUT2D eigenvalue weighted by Crippen LogP contribution is -2.35. The van der Waals surface area contributed by atoms with Crippen LogP contribution in [0.2, 0.25) is 0 Å². The van der Waals surface area contributed by atoms with Crippen molar-refractivity contribution in [2.45, 2.75) is 0 Å². The molecule has 0 unspecified atom stereocenters. The highest BCUT2D eigenvalue weighted by molar-refractivity contribution is 7.21. The van der Waals surface area contributed by atoms with Crippen LogP contribution in [-0.4, -0.2) is 39.2 Å². The summed E-state index contributed by atoms with van der Waals surface area (Å²) in [6.07, 6.45) is 4.64. The molecule has 30 heavy (non-hydrogen) atoms. The van der Waals surface area contributed by atoms with E-state index in [1.807, 2.05) is 0 Å². The Morgan fingerprint density at radius 3 is 2.83 bits per heavy atom. The zero-order valence-corrected chi connectivity index (χ0v) is 16.3. The van der Waals surface area contributed by atoms with E-state index >= 15 is 0 Å². The first-order chi connectivity index (χ1) is 14.7. The molecule has 5 rings (SSSR count). The maximum Gasteiger partial charge on any atom is 0.332 e. The van der Waals surface area contributed by atoms with Gasteiger partial charge in [0, 0.05) is 25.5 Å². The number of urea groups is 1. The number of amides is 3. The van der Waals surface area contributed by atoms with Crippen LogP contribution < -0.4 is 20.3 Å². The van der Waals surface area contributed by atoms with Crippen molar-refractivity contribution in [3.63, 3.8) is 0 Å². The molecule has 0 spiro atoms. The second-order valence-corrected chi connectivity index (χ2v) is 7.18. The minimum absolute atomic E-state index is 0.281. The zero-order chi connectivity index (χ0) is 20.7. The topological polar surface area (TPSA) is 122 Å². The lowest BCUT2D eigenvalue weighted by molar-refractivity contribution is 0.0968. The molecule has 2 N–H and O–H groups in total. The number of hydrogen-bond acceptors (Lipinski definition) is 8. The van der Waals surface area contributed by atoms with Crippen LogP contribution in [0.15, 0.2) is 48.9 Å². The number of aromatic nitrogens is 4. The summed E-state index contributed by atoms with van der Waals surface area (Å²) >= 11 is 1.22. The van der Waals surface area contributed by atoms with Crippen molar-refractivity contribution in [2.75, 3.05) is 17.3 Å². The van der Waals surface area contributed by atoms with Crippen LogP contribution in [0.3, 0.4) is 0 Å². The molecule has 5 heterocycles. The Labute approximate surface area is 173 Å². The molecule has 11 heteroatoms. The molecule has 0 saturated heterocycles. The quantitative estimate of drug-likeness (QED) is 0.520. The van der Waals surface area contributed by atoms with E-state index in [2.05, 4.69) is 30.8 Å². The second-order valence-electron chi connectivity index (χ2n) is 6.18. The molecule has 1 aliphatic rings. The van der Waals surface area contributed by atoms with Gasteiger partial charge in [0.1, 0.15) is 21.3 Å². The van der Waals surface area contributed by atoms with Crippen molar-refractivity contribution >= 4 is 50.7 Å². The maximum absolute atomic E-state index is 12.9. The fourth-order valence-corrected chi connectivity index (χ4v) is 4.18. The van der Waals surface area contributed by atoms with Gasteiger partial charge in [-0.25, -0.2) is 19.7 Å². The fraction of sp³-hybridized carbons (Fsp3) is 0.0526. The van der Waals surface area contributed by atoms with Crippen molar-refractivity contribution in [3.05, 3.63) is 53.8 Å². The maximum atomic E-state index is 12.9. The molecule has 4 aromatic rings. The molecule has 10 nitrogen and oxygen atoms in total. The van der Waals surface area contributed by atoms with Gasteiger partial charge in [-0.3, -0.25) is 4.79 Å². The third-order valence-electron chi connectivity index (χ3n) is 4.40. The number of pyridine rings is 2. The second kappa shape index (κ2) is 7.04. The molecule has 3 amide bonds. The van der Waals surface area contributed by atoms with E-state index < -0.39 is 6.03 Å². The molecule has 4 aromatic heterocycles. The van der Waals surface area contributed by atoms with Crippen LogP contribution in [-0.2, 0) is 0 Å². The van der Waals surface area contributed by atoms with Gasteiger partial charge >= 0.3 is 6.03 Å². The number of thiophene rings is 1. The standard InChI is InChI=1S/C19H13N7O3S/c1-20-17(27)16-15-14-11(6-8-21-18(14)30-16)26(19(28)24-15)12-5-4-10(9-22-12)29-13-3-2-7-23-25-13/h2-9H,1H3,(H,20,27)(H,24,28). The van der Waals surface area contributed by atoms with E-state index in [-0.39, 0.29) is 5.91 Å². The summed E-state index contributed by atoms with van der Waals surface area (Å²) in [6.45, 7) is 0. The van der Waals surface area contributed by atoms with E-state index in [0.29, 0.717) is 43.9 Å². The van der Waals surface area contributed by atoms with Gasteiger partial charge in [0.15, 0.2) is 0 Å². The Bertz CT molecular complexity index is 1270. The summed E-state index contributed by atoms with van der Waals surface area (Å²) in [7, 11) is 1.54. The molecule has 0 atom stereocenters. The van der Waals surface area contributed by atoms with E-state index in [1.165, 1.54) is 22.4 Å². The minimum Gasteiger partial charge on any atom is -0.436 e. The number of carbonyl (C=O) groups excluding carboxylic acids is 2. The summed E-state index contributed by atoms with van der Waals surface area (Å²) < 4.78 is 5.60. The highest BCUT2D eigenvalue weighted by Crippen LogP contribution is 2.45. The molecule has 0 radical (unpaired) electrons. The van der Waals surface area contributed by atoms with Crippen molar-refractivity contribution < 1.29 is 14.3 Å². The molecule has 0 fully saturated rings. The summed E-state index contributed by atoms with van der Waals surface area (Å²) in [6, 6.07) is 8.03. The van der Waals surface area contributed by atoms with E-state index in [1.54, 1.807) is 49.8 Å². The fourth-order valence-electron chi connectivity index (χ4n) is 3.11. The van der Waals surface area contributed by atoms with Gasteiger partial charge in [0.2, 0.25) is 5.88 Å². The normalized spacial score (nSPS) is 12.6. The first-order valence-electron chi connectivity index (χ1n) is 8.82. The predicted molar refractivity (Wildman–Crippen MR) is 111 cm³/mol. The average molecular weight is 419 g/mol. The largest absolute Gasteiger partial charge is 0.436 e. The van der Waals surface area contributed by atoms with Gasteiger partial charge in [-0.1, -0.05) is 0 Å². The van der Waals surface area contributed by atoms with Crippen LogP contribution in [0.5, 0.6) is 11.6 Å². The first kappa shape index (κ1) is 17.9. The van der Waals surface area contributed by atoms with Crippen molar-refractivity contribution in [2.24, 2.45) is 0 Å². The van der Waals surface area contributed by atoms with Crippen LogP contribution >= 0.6 is 11.3 Å². The SMILES string of the molecule is CNC(=O)c1sc2nccc3c2c1NC(=O)N3c1ccc(Oc2cccnn2)cn1. The smallest absolute Gasteiger partial charge is 0.332 e. The Morgan fingerprint density at radius 2 is 2.10 bits per heavy atom. The van der Waals surface area contributed by atoms with Crippen LogP contribution in [0.4, 0.5) is 22.0 Å². The minimum atomic E-state index is -0.423. The van der Waals surface area contributed by atoms with Gasteiger partial charge in [-0.05, 0) is 24.3 Å². The molecule has 1 aliphatic heterocycles. The Balaban J connectivity index is 1.54. The number of anilines is 3. The van der Waals surface area contributed by atoms with Crippen LogP contribution in [0.1, 0.15) is 9.67 Å². The summed E-state index contributed by atoms with van der Waals surface area (Å²) in [4.78, 5) is 36.3. The van der Waals surface area contributed by atoms with Gasteiger partial charge in [0.05, 0.1) is 23.0 Å². The van der Waals surface area contributed by atoms with Gasteiger partial charge in [-0.15, -0.1) is 16.4 Å². The number of nitrogens with one attached hydrogen (secondary N) is 2. The molecule has 0 aromatic carbocycles. The highest BCUT2D eigenvalue weighted by atomic mass is 32.1. The number of carbonyl (C=O) groups is 2. The van der Waals surface area contributed by atoms with Gasteiger partial charge in [-0.2, -0.15) is 5.10 Å². The number of hydrogen-bond donors (Lipinski definition) is 2. The molecular formula is C19H13N7O3S. The number of rotatable bonds is 4. The lowest BCUT2D eigenvalue weighted by atomic mass is 10.1. The Kier molecular flexibility index (Phi) is 4.21. The molecular weight excluding hydrogens is 406 g/mol. The van der Waals surface area contributed by atoms with Crippen LogP contribution in [0.25, 0.3) is 10.2 Å². The average Bonchev–Trinajstić information content (AvgIpc) is 3.14. The monoisotopic (exact) mass is 419 g/mol. The van der Waals surface area contributed by atoms with Crippen molar-refractivity contribution in [1.29, 1.82) is 0 Å². The Morgan fingerprint density at radius 1 is 1.20 bits per heavy atom. The summed E-state index contributed by atoms with van der Waals surface area (Å²) in [5.41, 5.74) is 1.06. The number of nitrogens with zero attached hydrogens (tertiary/aromatic N) is 5. The first-order valence-corrected chi connectivity index (χ1v) is 9.63. The molecule has 0 bridgehead atoms. The van der Waals surface area contributed by atoms with Gasteiger partial charge in [0.25, 0.3) is 5.91 Å². The highest BCUT2D eigenvalue weighted by Gasteiger charge is 2.32. The van der Waals surface area contributed by atoms with Crippen LogP contribution in [0, 0.1) is 0 Å². The molecule has 0 saturated carbocycles. The molecule has 0 aliphatic carbocycles. The lowest BCUT2D eigenvalue weighted by Gasteiger charge is -2.27. The third kappa shape index (κ3) is 2.88. The Hall–Kier alpha value is -4.12. The van der Waals surface area contributed by atoms with Crippen molar-refractivity contribution in [1.82, 2.24) is 25.5 Å². The zero-order valence-electron chi connectivity index (χ0n) is 15.5. The third-order valence-corrected chi connectivity index (χ3v) is 5.50. The van der Waals surface area contributed by atoms with Gasteiger partial charge < -0.3 is 15.4 Å². The summed E-state index contributed by atoms with van der Waals surface area (Å²) in [5, 5.41) is 13.7.